The van der Waals surface area contributed by atoms with Crippen LogP contribution in [0.2, 0.25) is 0 Å². The number of rotatable bonds is 5. The number of hydrogen-bond acceptors (Lipinski definition) is 3. The van der Waals surface area contributed by atoms with Gasteiger partial charge in [0, 0.05) is 29.7 Å². The Morgan fingerprint density at radius 1 is 1.30 bits per heavy atom. The molecule has 0 bridgehead atoms. The van der Waals surface area contributed by atoms with Gasteiger partial charge in [0.25, 0.3) is 5.91 Å². The predicted octanol–water partition coefficient (Wildman–Crippen LogP) is 4.19. The number of carbonyl (C=O) groups is 1. The summed E-state index contributed by atoms with van der Waals surface area (Å²) in [5.41, 5.74) is 3.26. The monoisotopic (exact) mass is 430 g/mol. The maximum Gasteiger partial charge on any atom is 0.267 e. The zero-order valence-electron chi connectivity index (χ0n) is 14.7. The van der Waals surface area contributed by atoms with Crippen molar-refractivity contribution in [3.8, 4) is 0 Å². The second-order valence-electron chi connectivity index (χ2n) is 6.71. The number of amides is 1. The average molecular weight is 431 g/mol. The third-order valence-corrected chi connectivity index (χ3v) is 5.39. The number of anilines is 1. The van der Waals surface area contributed by atoms with Gasteiger partial charge in [0.15, 0.2) is 0 Å². The van der Waals surface area contributed by atoms with Crippen molar-refractivity contribution in [3.05, 3.63) is 57.6 Å². The SMILES string of the molecule is O=C(NCCCc1ccc2c(n1)NCCC2)c1cc2c(F)c(Br)ccc2[nH]1. The van der Waals surface area contributed by atoms with Gasteiger partial charge < -0.3 is 15.6 Å². The smallest absolute Gasteiger partial charge is 0.267 e. The molecule has 140 valence electrons. The highest BCUT2D eigenvalue weighted by Crippen LogP contribution is 2.25. The number of nitrogens with zero attached hydrogens (tertiary/aromatic N) is 1. The summed E-state index contributed by atoms with van der Waals surface area (Å²) >= 11 is 3.16. The Kier molecular flexibility index (Phi) is 5.11. The van der Waals surface area contributed by atoms with Gasteiger partial charge in [-0.1, -0.05) is 6.07 Å². The number of nitrogens with one attached hydrogen (secondary N) is 3. The molecule has 0 saturated heterocycles. The molecule has 1 amide bonds. The van der Waals surface area contributed by atoms with E-state index in [0.717, 1.165) is 43.7 Å². The topological polar surface area (TPSA) is 69.8 Å². The summed E-state index contributed by atoms with van der Waals surface area (Å²) in [6.07, 6.45) is 3.81. The molecule has 3 heterocycles. The molecule has 1 aromatic carbocycles. The van der Waals surface area contributed by atoms with Crippen molar-refractivity contribution in [1.82, 2.24) is 15.3 Å². The van der Waals surface area contributed by atoms with Crippen LogP contribution in [0.4, 0.5) is 10.2 Å². The number of aromatic nitrogens is 2. The van der Waals surface area contributed by atoms with Crippen molar-refractivity contribution in [2.75, 3.05) is 18.4 Å². The number of carbonyl (C=O) groups excluding carboxylic acids is 1. The number of benzene rings is 1. The van der Waals surface area contributed by atoms with Crippen LogP contribution in [0.25, 0.3) is 10.9 Å². The summed E-state index contributed by atoms with van der Waals surface area (Å²) in [6.45, 7) is 1.51. The van der Waals surface area contributed by atoms with E-state index in [1.165, 1.54) is 5.56 Å². The van der Waals surface area contributed by atoms with Crippen LogP contribution in [0.15, 0.2) is 34.8 Å². The highest BCUT2D eigenvalue weighted by Gasteiger charge is 2.14. The Morgan fingerprint density at radius 2 is 2.19 bits per heavy atom. The molecule has 0 radical (unpaired) electrons. The largest absolute Gasteiger partial charge is 0.370 e. The lowest BCUT2D eigenvalue weighted by atomic mass is 10.1. The molecular weight excluding hydrogens is 411 g/mol. The lowest BCUT2D eigenvalue weighted by Crippen LogP contribution is -2.25. The summed E-state index contributed by atoms with van der Waals surface area (Å²) in [7, 11) is 0. The van der Waals surface area contributed by atoms with Crippen LogP contribution in [0.3, 0.4) is 0 Å². The van der Waals surface area contributed by atoms with E-state index >= 15 is 0 Å². The molecule has 0 atom stereocenters. The zero-order valence-corrected chi connectivity index (χ0v) is 16.3. The van der Waals surface area contributed by atoms with E-state index in [1.807, 2.05) is 0 Å². The maximum absolute atomic E-state index is 14.1. The van der Waals surface area contributed by atoms with E-state index < -0.39 is 0 Å². The summed E-state index contributed by atoms with van der Waals surface area (Å²) in [6, 6.07) is 9.11. The molecule has 2 aromatic heterocycles. The molecule has 0 aliphatic carbocycles. The zero-order chi connectivity index (χ0) is 18.8. The van der Waals surface area contributed by atoms with Gasteiger partial charge in [-0.2, -0.15) is 0 Å². The van der Waals surface area contributed by atoms with Crippen molar-refractivity contribution in [3.63, 3.8) is 0 Å². The van der Waals surface area contributed by atoms with Gasteiger partial charge in [-0.25, -0.2) is 9.37 Å². The number of aryl methyl sites for hydroxylation is 2. The van der Waals surface area contributed by atoms with Crippen LogP contribution in [-0.4, -0.2) is 29.0 Å². The fourth-order valence-corrected chi connectivity index (χ4v) is 3.68. The number of pyridine rings is 1. The van der Waals surface area contributed by atoms with E-state index in [4.69, 9.17) is 0 Å². The molecule has 7 heteroatoms. The minimum atomic E-state index is -0.366. The molecule has 1 aliphatic rings. The maximum atomic E-state index is 14.1. The van der Waals surface area contributed by atoms with Crippen molar-refractivity contribution >= 4 is 38.6 Å². The Labute approximate surface area is 164 Å². The summed E-state index contributed by atoms with van der Waals surface area (Å²) in [5.74, 6) is 0.394. The van der Waals surface area contributed by atoms with Crippen LogP contribution >= 0.6 is 15.9 Å². The lowest BCUT2D eigenvalue weighted by Gasteiger charge is -2.17. The molecule has 4 rings (SSSR count). The van der Waals surface area contributed by atoms with E-state index in [-0.39, 0.29) is 11.7 Å². The fourth-order valence-electron chi connectivity index (χ4n) is 3.34. The van der Waals surface area contributed by atoms with E-state index in [0.29, 0.717) is 27.6 Å². The third-order valence-electron chi connectivity index (χ3n) is 4.78. The number of aromatic amines is 1. The minimum absolute atomic E-state index is 0.234. The first-order valence-electron chi connectivity index (χ1n) is 9.09. The molecule has 0 unspecified atom stereocenters. The molecular formula is C20H20BrFN4O. The molecule has 27 heavy (non-hydrogen) atoms. The number of halogens is 2. The molecule has 3 N–H and O–H groups in total. The van der Waals surface area contributed by atoms with Crippen LogP contribution in [0, 0.1) is 5.82 Å². The summed E-state index contributed by atoms with van der Waals surface area (Å²) in [5, 5.41) is 6.62. The third kappa shape index (κ3) is 3.83. The normalized spacial score (nSPS) is 13.3. The predicted molar refractivity (Wildman–Crippen MR) is 108 cm³/mol. The highest BCUT2D eigenvalue weighted by molar-refractivity contribution is 9.10. The standard InChI is InChI=1S/C20H20BrFN4O/c21-15-7-8-16-14(18(15)22)11-17(26-16)20(27)24-10-2-4-13-6-5-12-3-1-9-23-19(12)25-13/h5-8,11,26H,1-4,9-10H2,(H,23,25)(H,24,27). The number of hydrogen-bond donors (Lipinski definition) is 3. The summed E-state index contributed by atoms with van der Waals surface area (Å²) < 4.78 is 14.5. The Bertz CT molecular complexity index is 1000. The second kappa shape index (κ2) is 7.68. The van der Waals surface area contributed by atoms with E-state index in [2.05, 4.69) is 48.7 Å². The second-order valence-corrected chi connectivity index (χ2v) is 7.56. The molecule has 1 aliphatic heterocycles. The quantitative estimate of drug-likeness (QED) is 0.531. The van der Waals surface area contributed by atoms with Crippen molar-refractivity contribution < 1.29 is 9.18 Å². The Balaban J connectivity index is 1.33. The first-order valence-corrected chi connectivity index (χ1v) is 9.89. The van der Waals surface area contributed by atoms with Gasteiger partial charge >= 0.3 is 0 Å². The van der Waals surface area contributed by atoms with Crippen LogP contribution < -0.4 is 10.6 Å². The van der Waals surface area contributed by atoms with Crippen LogP contribution in [-0.2, 0) is 12.8 Å². The van der Waals surface area contributed by atoms with Gasteiger partial charge in [-0.3, -0.25) is 4.79 Å². The van der Waals surface area contributed by atoms with Gasteiger partial charge in [0.2, 0.25) is 0 Å². The first-order chi connectivity index (χ1) is 13.1. The van der Waals surface area contributed by atoms with Crippen molar-refractivity contribution in [2.45, 2.75) is 25.7 Å². The molecule has 0 saturated carbocycles. The minimum Gasteiger partial charge on any atom is -0.370 e. The van der Waals surface area contributed by atoms with Gasteiger partial charge in [0.1, 0.15) is 17.3 Å². The summed E-state index contributed by atoms with van der Waals surface area (Å²) in [4.78, 5) is 19.9. The van der Waals surface area contributed by atoms with Crippen molar-refractivity contribution in [1.29, 1.82) is 0 Å². The van der Waals surface area contributed by atoms with E-state index in [1.54, 1.807) is 18.2 Å². The van der Waals surface area contributed by atoms with Gasteiger partial charge in [0.05, 0.1) is 4.47 Å². The Morgan fingerprint density at radius 3 is 3.07 bits per heavy atom. The molecule has 0 fully saturated rings. The van der Waals surface area contributed by atoms with Crippen LogP contribution in [0.1, 0.15) is 34.6 Å². The molecule has 5 nitrogen and oxygen atoms in total. The van der Waals surface area contributed by atoms with Crippen molar-refractivity contribution in [2.24, 2.45) is 0 Å². The number of fused-ring (bicyclic) bond motifs is 2. The number of H-pyrrole nitrogens is 1. The molecule has 3 aromatic rings. The molecule has 0 spiro atoms. The Hall–Kier alpha value is -2.41. The van der Waals surface area contributed by atoms with E-state index in [9.17, 15) is 9.18 Å². The fraction of sp³-hybridized carbons (Fsp3) is 0.300. The van der Waals surface area contributed by atoms with Gasteiger partial charge in [-0.15, -0.1) is 0 Å². The average Bonchev–Trinajstić information content (AvgIpc) is 3.13. The van der Waals surface area contributed by atoms with Gasteiger partial charge in [-0.05, 0) is 71.4 Å². The highest BCUT2D eigenvalue weighted by atomic mass is 79.9. The van der Waals surface area contributed by atoms with Crippen LogP contribution in [0.5, 0.6) is 0 Å². The first kappa shape index (κ1) is 18.0. The lowest BCUT2D eigenvalue weighted by molar-refractivity contribution is 0.0949.